The monoisotopic (exact) mass is 422 g/mol. The molecule has 0 saturated heterocycles. The van der Waals surface area contributed by atoms with Crippen molar-refractivity contribution in [2.45, 2.75) is 38.0 Å². The van der Waals surface area contributed by atoms with Gasteiger partial charge in [0.25, 0.3) is 15.9 Å². The molecule has 3 aromatic rings. The van der Waals surface area contributed by atoms with Crippen molar-refractivity contribution in [3.8, 4) is 0 Å². The van der Waals surface area contributed by atoms with Gasteiger partial charge in [-0.15, -0.1) is 0 Å². The molecule has 0 saturated carbocycles. The van der Waals surface area contributed by atoms with Crippen LogP contribution in [0, 0.1) is 6.92 Å². The number of rotatable bonds is 8. The van der Waals surface area contributed by atoms with E-state index < -0.39 is 10.0 Å². The number of sulfonamides is 1. The topological polar surface area (TPSA) is 75.3 Å². The third-order valence-electron chi connectivity index (χ3n) is 4.80. The normalized spacial score (nSPS) is 11.1. The first kappa shape index (κ1) is 21.6. The molecule has 3 aromatic carbocycles. The third kappa shape index (κ3) is 5.48. The quantitative estimate of drug-likeness (QED) is 0.511. The molecular formula is C24H26N2O3S. The molecule has 0 spiro atoms. The maximum absolute atomic E-state index is 12.8. The molecule has 2 N–H and O–H groups in total. The molecule has 3 rings (SSSR count). The molecule has 0 atom stereocenters. The van der Waals surface area contributed by atoms with Crippen LogP contribution in [0.1, 0.15) is 41.3 Å². The Balaban J connectivity index is 1.78. The summed E-state index contributed by atoms with van der Waals surface area (Å²) in [5.74, 6) is -0.354. The summed E-state index contributed by atoms with van der Waals surface area (Å²) in [5.41, 5.74) is 3.22. The van der Waals surface area contributed by atoms with Crippen molar-refractivity contribution in [2.75, 3.05) is 10.0 Å². The number of benzene rings is 3. The second-order valence-corrected chi connectivity index (χ2v) is 8.86. The van der Waals surface area contributed by atoms with Crippen LogP contribution in [0.5, 0.6) is 0 Å². The number of aryl methyl sites for hydroxylation is 2. The van der Waals surface area contributed by atoms with Crippen LogP contribution in [0.15, 0.2) is 77.7 Å². The minimum absolute atomic E-state index is 0.0777. The van der Waals surface area contributed by atoms with Gasteiger partial charge in [-0.05, 0) is 67.3 Å². The minimum Gasteiger partial charge on any atom is -0.322 e. The number of anilines is 2. The first-order valence-corrected chi connectivity index (χ1v) is 11.5. The predicted octanol–water partition coefficient (Wildman–Crippen LogP) is 5.39. The molecule has 1 amide bonds. The molecule has 5 nitrogen and oxygen atoms in total. The summed E-state index contributed by atoms with van der Waals surface area (Å²) < 4.78 is 28.2. The number of hydrogen-bond donors (Lipinski definition) is 2. The number of carbonyl (C=O) groups excluding carboxylic acids is 1. The van der Waals surface area contributed by atoms with Gasteiger partial charge in [-0.3, -0.25) is 9.52 Å². The second kappa shape index (κ2) is 9.59. The van der Waals surface area contributed by atoms with E-state index in [1.54, 1.807) is 43.3 Å². The lowest BCUT2D eigenvalue weighted by molar-refractivity contribution is 0.102. The van der Waals surface area contributed by atoms with Crippen LogP contribution in [-0.4, -0.2) is 14.3 Å². The minimum atomic E-state index is -3.82. The fourth-order valence-corrected chi connectivity index (χ4v) is 4.42. The van der Waals surface area contributed by atoms with Gasteiger partial charge in [-0.2, -0.15) is 0 Å². The molecule has 6 heteroatoms. The van der Waals surface area contributed by atoms with Gasteiger partial charge < -0.3 is 5.32 Å². The van der Waals surface area contributed by atoms with Crippen LogP contribution in [0.3, 0.4) is 0 Å². The highest BCUT2D eigenvalue weighted by atomic mass is 32.2. The average molecular weight is 423 g/mol. The largest absolute Gasteiger partial charge is 0.322 e. The lowest BCUT2D eigenvalue weighted by atomic mass is 10.1. The summed E-state index contributed by atoms with van der Waals surface area (Å²) in [7, 11) is -3.82. The van der Waals surface area contributed by atoms with Crippen molar-refractivity contribution in [1.82, 2.24) is 0 Å². The van der Waals surface area contributed by atoms with Crippen molar-refractivity contribution in [2.24, 2.45) is 0 Å². The molecule has 0 aliphatic rings. The Morgan fingerprint density at radius 1 is 0.900 bits per heavy atom. The maximum Gasteiger partial charge on any atom is 0.262 e. The first-order chi connectivity index (χ1) is 14.4. The van der Waals surface area contributed by atoms with E-state index in [1.165, 1.54) is 11.6 Å². The van der Waals surface area contributed by atoms with Crippen molar-refractivity contribution in [3.63, 3.8) is 0 Å². The van der Waals surface area contributed by atoms with Crippen molar-refractivity contribution in [3.05, 3.63) is 89.5 Å². The third-order valence-corrected chi connectivity index (χ3v) is 6.32. The molecule has 0 aromatic heterocycles. The lowest BCUT2D eigenvalue weighted by Gasteiger charge is -2.12. The Bertz CT molecular complexity index is 1110. The van der Waals surface area contributed by atoms with Gasteiger partial charge in [0.15, 0.2) is 0 Å². The fraction of sp³-hybridized carbons (Fsp3) is 0.208. The number of para-hydroxylation sites is 1. The zero-order valence-corrected chi connectivity index (χ0v) is 18.0. The molecule has 0 unspecified atom stereocenters. The maximum atomic E-state index is 12.8. The van der Waals surface area contributed by atoms with Gasteiger partial charge in [0.1, 0.15) is 0 Å². The van der Waals surface area contributed by atoms with Gasteiger partial charge in [0.05, 0.1) is 4.90 Å². The van der Waals surface area contributed by atoms with E-state index in [-0.39, 0.29) is 16.4 Å². The molecule has 0 bridgehead atoms. The van der Waals surface area contributed by atoms with Crippen LogP contribution >= 0.6 is 0 Å². The summed E-state index contributed by atoms with van der Waals surface area (Å²) in [4.78, 5) is 12.8. The smallest absolute Gasteiger partial charge is 0.262 e. The summed E-state index contributed by atoms with van der Waals surface area (Å²) in [5, 5.41) is 2.84. The van der Waals surface area contributed by atoms with Gasteiger partial charge >= 0.3 is 0 Å². The van der Waals surface area contributed by atoms with Crippen molar-refractivity contribution in [1.29, 1.82) is 0 Å². The summed E-state index contributed by atoms with van der Waals surface area (Å²) in [6.07, 6.45) is 3.28. The van der Waals surface area contributed by atoms with Gasteiger partial charge in [-0.25, -0.2) is 8.42 Å². The van der Waals surface area contributed by atoms with Crippen LogP contribution in [0.25, 0.3) is 0 Å². The molecule has 156 valence electrons. The SMILES string of the molecule is CCCCc1ccc(NC(=O)c2ccc(C)c(S(=O)(=O)Nc3ccccc3)c2)cc1. The number of nitrogens with one attached hydrogen (secondary N) is 2. The van der Waals surface area contributed by atoms with E-state index in [0.29, 0.717) is 16.9 Å². The number of unbranched alkanes of at least 4 members (excludes halogenated alkanes) is 1. The van der Waals surface area contributed by atoms with Crippen LogP contribution in [0.4, 0.5) is 11.4 Å². The molecule has 0 aliphatic carbocycles. The predicted molar refractivity (Wildman–Crippen MR) is 121 cm³/mol. The second-order valence-electron chi connectivity index (χ2n) is 7.21. The summed E-state index contributed by atoms with van der Waals surface area (Å²) in [6.45, 7) is 3.86. The van der Waals surface area contributed by atoms with E-state index in [2.05, 4.69) is 17.0 Å². The summed E-state index contributed by atoms with van der Waals surface area (Å²) >= 11 is 0. The van der Waals surface area contributed by atoms with Gasteiger partial charge in [-0.1, -0.05) is 49.7 Å². The highest BCUT2D eigenvalue weighted by Gasteiger charge is 2.19. The number of amides is 1. The highest BCUT2D eigenvalue weighted by Crippen LogP contribution is 2.22. The van der Waals surface area contributed by atoms with E-state index in [4.69, 9.17) is 0 Å². The first-order valence-electron chi connectivity index (χ1n) is 9.98. The fourth-order valence-electron chi connectivity index (χ4n) is 3.09. The Labute approximate surface area is 178 Å². The average Bonchev–Trinajstić information content (AvgIpc) is 2.73. The van der Waals surface area contributed by atoms with E-state index in [1.807, 2.05) is 30.3 Å². The highest BCUT2D eigenvalue weighted by molar-refractivity contribution is 7.92. The van der Waals surface area contributed by atoms with Crippen molar-refractivity contribution < 1.29 is 13.2 Å². The Morgan fingerprint density at radius 3 is 2.27 bits per heavy atom. The Morgan fingerprint density at radius 2 is 1.60 bits per heavy atom. The summed E-state index contributed by atoms with van der Waals surface area (Å²) in [6, 6.07) is 21.1. The standard InChI is InChI=1S/C24H26N2O3S/c1-3-4-8-19-12-15-21(16-13-19)25-24(27)20-14-11-18(2)23(17-20)30(28,29)26-22-9-6-5-7-10-22/h5-7,9-17,26H,3-4,8H2,1-2H3,(H,25,27). The zero-order valence-electron chi connectivity index (χ0n) is 17.2. The van der Waals surface area contributed by atoms with E-state index in [9.17, 15) is 13.2 Å². The van der Waals surface area contributed by atoms with Crippen LogP contribution < -0.4 is 10.0 Å². The molecule has 0 fully saturated rings. The van der Waals surface area contributed by atoms with Crippen LogP contribution in [-0.2, 0) is 16.4 Å². The molecular weight excluding hydrogens is 396 g/mol. The number of carbonyl (C=O) groups is 1. The lowest BCUT2D eigenvalue weighted by Crippen LogP contribution is -2.17. The van der Waals surface area contributed by atoms with E-state index >= 15 is 0 Å². The van der Waals surface area contributed by atoms with Gasteiger partial charge in [0.2, 0.25) is 0 Å². The molecule has 0 heterocycles. The van der Waals surface area contributed by atoms with Crippen LogP contribution in [0.2, 0.25) is 0 Å². The Hall–Kier alpha value is -3.12. The van der Waals surface area contributed by atoms with Crippen molar-refractivity contribution >= 4 is 27.3 Å². The van der Waals surface area contributed by atoms with E-state index in [0.717, 1.165) is 19.3 Å². The molecule has 30 heavy (non-hydrogen) atoms. The number of hydrogen-bond acceptors (Lipinski definition) is 3. The molecule has 0 aliphatic heterocycles. The molecule has 0 radical (unpaired) electrons. The van der Waals surface area contributed by atoms with Gasteiger partial charge in [0, 0.05) is 16.9 Å². The Kier molecular flexibility index (Phi) is 6.90. The zero-order chi connectivity index (χ0) is 21.6.